The van der Waals surface area contributed by atoms with Gasteiger partial charge in [-0.25, -0.2) is 0 Å². The molecule has 0 saturated carbocycles. The Morgan fingerprint density at radius 2 is 2.18 bits per heavy atom. The Balaban J connectivity index is 1.70. The molecule has 5 heteroatoms. The fourth-order valence-corrected chi connectivity index (χ4v) is 3.98. The smallest absolute Gasteiger partial charge is 0.303 e. The molecule has 0 aromatic carbocycles. The summed E-state index contributed by atoms with van der Waals surface area (Å²) in [5, 5.41) is 8.77. The molecule has 1 aliphatic rings. The molecule has 1 saturated heterocycles. The number of hydrogen-bond donors (Lipinski definition) is 1. The lowest BCUT2D eigenvalue weighted by atomic mass is 9.93. The van der Waals surface area contributed by atoms with Crippen molar-refractivity contribution < 1.29 is 14.7 Å². The first kappa shape index (κ1) is 17.0. The molecule has 1 amide bonds. The molecule has 1 N–H and O–H groups in total. The van der Waals surface area contributed by atoms with Crippen molar-refractivity contribution in [3.8, 4) is 0 Å². The minimum absolute atomic E-state index is 0.213. The third kappa shape index (κ3) is 5.44. The fourth-order valence-electron chi connectivity index (χ4n) is 3.05. The number of aryl methyl sites for hydroxylation is 2. The van der Waals surface area contributed by atoms with Crippen molar-refractivity contribution in [1.29, 1.82) is 0 Å². The van der Waals surface area contributed by atoms with Crippen molar-refractivity contribution in [2.45, 2.75) is 51.9 Å². The first-order valence-corrected chi connectivity index (χ1v) is 8.91. The number of aliphatic carboxylic acids is 1. The van der Waals surface area contributed by atoms with E-state index in [1.165, 1.54) is 9.75 Å². The minimum Gasteiger partial charge on any atom is -0.481 e. The maximum atomic E-state index is 12.3. The van der Waals surface area contributed by atoms with Crippen LogP contribution in [0.4, 0.5) is 0 Å². The lowest BCUT2D eigenvalue weighted by molar-refractivity contribution is -0.137. The van der Waals surface area contributed by atoms with E-state index in [-0.39, 0.29) is 12.3 Å². The number of thiophene rings is 1. The first-order valence-electron chi connectivity index (χ1n) is 8.09. The minimum atomic E-state index is -0.741. The van der Waals surface area contributed by atoms with Crippen molar-refractivity contribution in [3.05, 3.63) is 21.9 Å². The zero-order chi connectivity index (χ0) is 15.9. The average molecular weight is 323 g/mol. The molecule has 1 aromatic heterocycles. The van der Waals surface area contributed by atoms with E-state index in [9.17, 15) is 9.59 Å². The third-order valence-corrected chi connectivity index (χ3v) is 5.31. The molecule has 4 nitrogen and oxygen atoms in total. The molecular formula is C17H25NO3S. The van der Waals surface area contributed by atoms with Crippen molar-refractivity contribution in [3.63, 3.8) is 0 Å². The SMILES string of the molecule is Cc1ccc(CCCC(=O)N2CCCC(CCC(=O)O)C2)s1. The second-order valence-electron chi connectivity index (χ2n) is 6.15. The summed E-state index contributed by atoms with van der Waals surface area (Å²) < 4.78 is 0. The summed E-state index contributed by atoms with van der Waals surface area (Å²) in [5.74, 6) is -0.156. The predicted molar refractivity (Wildman–Crippen MR) is 88.2 cm³/mol. The van der Waals surface area contributed by atoms with Crippen LogP contribution in [0.15, 0.2) is 12.1 Å². The van der Waals surface area contributed by atoms with Gasteiger partial charge < -0.3 is 10.0 Å². The topological polar surface area (TPSA) is 57.6 Å². The van der Waals surface area contributed by atoms with Gasteiger partial charge in [0.25, 0.3) is 0 Å². The maximum Gasteiger partial charge on any atom is 0.303 e. The summed E-state index contributed by atoms with van der Waals surface area (Å²) in [6.07, 6.45) is 5.42. The second-order valence-corrected chi connectivity index (χ2v) is 7.52. The Morgan fingerprint density at radius 1 is 1.36 bits per heavy atom. The van der Waals surface area contributed by atoms with Crippen molar-refractivity contribution in [1.82, 2.24) is 4.90 Å². The zero-order valence-electron chi connectivity index (χ0n) is 13.2. The largest absolute Gasteiger partial charge is 0.481 e. The van der Waals surface area contributed by atoms with E-state index in [1.807, 2.05) is 4.90 Å². The van der Waals surface area contributed by atoms with Crippen LogP contribution in [-0.2, 0) is 16.0 Å². The summed E-state index contributed by atoms with van der Waals surface area (Å²) in [6, 6.07) is 4.27. The number of carboxylic acid groups (broad SMARTS) is 1. The number of carbonyl (C=O) groups excluding carboxylic acids is 1. The van der Waals surface area contributed by atoms with Gasteiger partial charge in [-0.15, -0.1) is 11.3 Å². The van der Waals surface area contributed by atoms with Crippen LogP contribution in [0, 0.1) is 12.8 Å². The van der Waals surface area contributed by atoms with Gasteiger partial charge in [-0.1, -0.05) is 0 Å². The molecule has 1 aliphatic heterocycles. The lowest BCUT2D eigenvalue weighted by Crippen LogP contribution is -2.40. The van der Waals surface area contributed by atoms with Crippen LogP contribution in [0.2, 0.25) is 0 Å². The summed E-state index contributed by atoms with van der Waals surface area (Å²) >= 11 is 1.80. The molecular weight excluding hydrogens is 298 g/mol. The number of hydrogen-bond acceptors (Lipinski definition) is 3. The molecule has 0 aliphatic carbocycles. The number of carbonyl (C=O) groups is 2. The fraction of sp³-hybridized carbons (Fsp3) is 0.647. The highest BCUT2D eigenvalue weighted by atomic mass is 32.1. The van der Waals surface area contributed by atoms with Crippen LogP contribution in [0.1, 0.15) is 48.3 Å². The molecule has 1 fully saturated rings. The lowest BCUT2D eigenvalue weighted by Gasteiger charge is -2.32. The second kappa shape index (κ2) is 8.32. The van der Waals surface area contributed by atoms with Gasteiger partial charge in [-0.2, -0.15) is 0 Å². The van der Waals surface area contributed by atoms with E-state index < -0.39 is 5.97 Å². The number of likely N-dealkylation sites (tertiary alicyclic amines) is 1. The Bertz CT molecular complexity index is 512. The van der Waals surface area contributed by atoms with E-state index in [4.69, 9.17) is 5.11 Å². The Kier molecular flexibility index (Phi) is 6.43. The molecule has 0 radical (unpaired) electrons. The molecule has 2 rings (SSSR count). The molecule has 0 spiro atoms. The number of nitrogens with zero attached hydrogens (tertiary/aromatic N) is 1. The Morgan fingerprint density at radius 3 is 2.86 bits per heavy atom. The van der Waals surface area contributed by atoms with Crippen LogP contribution < -0.4 is 0 Å². The number of amides is 1. The Labute approximate surface area is 136 Å². The quantitative estimate of drug-likeness (QED) is 0.835. The van der Waals surface area contributed by atoms with Crippen LogP contribution in [0.5, 0.6) is 0 Å². The summed E-state index contributed by atoms with van der Waals surface area (Å²) in [4.78, 5) is 27.6. The summed E-state index contributed by atoms with van der Waals surface area (Å²) in [7, 11) is 0. The molecule has 22 heavy (non-hydrogen) atoms. The van der Waals surface area contributed by atoms with Gasteiger partial charge in [0.2, 0.25) is 5.91 Å². The van der Waals surface area contributed by atoms with E-state index in [0.717, 1.165) is 38.8 Å². The van der Waals surface area contributed by atoms with Crippen molar-refractivity contribution in [2.75, 3.05) is 13.1 Å². The number of carboxylic acids is 1. The average Bonchev–Trinajstić information content (AvgIpc) is 2.91. The van der Waals surface area contributed by atoms with E-state index in [1.54, 1.807) is 11.3 Å². The monoisotopic (exact) mass is 323 g/mol. The van der Waals surface area contributed by atoms with Gasteiger partial charge in [0, 0.05) is 35.7 Å². The van der Waals surface area contributed by atoms with Crippen LogP contribution >= 0.6 is 11.3 Å². The molecule has 2 heterocycles. The van der Waals surface area contributed by atoms with Gasteiger partial charge in [0.1, 0.15) is 0 Å². The van der Waals surface area contributed by atoms with Crippen molar-refractivity contribution in [2.24, 2.45) is 5.92 Å². The van der Waals surface area contributed by atoms with Gasteiger partial charge >= 0.3 is 5.97 Å². The molecule has 122 valence electrons. The normalized spacial score (nSPS) is 18.4. The Hall–Kier alpha value is -1.36. The molecule has 1 unspecified atom stereocenters. The van der Waals surface area contributed by atoms with Crippen molar-refractivity contribution >= 4 is 23.2 Å². The van der Waals surface area contributed by atoms with Crippen LogP contribution in [0.3, 0.4) is 0 Å². The zero-order valence-corrected chi connectivity index (χ0v) is 14.0. The number of rotatable bonds is 7. The van der Waals surface area contributed by atoms with E-state index >= 15 is 0 Å². The predicted octanol–water partition coefficient (Wildman–Crippen LogP) is 3.48. The van der Waals surface area contributed by atoms with Gasteiger partial charge in [-0.3, -0.25) is 9.59 Å². The van der Waals surface area contributed by atoms with E-state index in [0.29, 0.717) is 18.8 Å². The standard InChI is InChI=1S/C17H25NO3S/c1-13-7-9-15(22-13)5-2-6-16(19)18-11-3-4-14(12-18)8-10-17(20)21/h7,9,14H,2-6,8,10-12H2,1H3,(H,20,21). The summed E-state index contributed by atoms with van der Waals surface area (Å²) in [5.41, 5.74) is 0. The maximum absolute atomic E-state index is 12.3. The van der Waals surface area contributed by atoms with Crippen LogP contribution in [0.25, 0.3) is 0 Å². The number of piperidine rings is 1. The van der Waals surface area contributed by atoms with Gasteiger partial charge in [-0.05, 0) is 57.1 Å². The van der Waals surface area contributed by atoms with E-state index in [2.05, 4.69) is 19.1 Å². The molecule has 0 bridgehead atoms. The molecule has 1 atom stereocenters. The summed E-state index contributed by atoms with van der Waals surface area (Å²) in [6.45, 7) is 3.68. The molecule has 1 aromatic rings. The highest BCUT2D eigenvalue weighted by Crippen LogP contribution is 2.22. The van der Waals surface area contributed by atoms with Gasteiger partial charge in [0.15, 0.2) is 0 Å². The third-order valence-electron chi connectivity index (χ3n) is 4.25. The first-order chi connectivity index (χ1) is 10.5. The highest BCUT2D eigenvalue weighted by molar-refractivity contribution is 7.11. The highest BCUT2D eigenvalue weighted by Gasteiger charge is 2.23. The van der Waals surface area contributed by atoms with Crippen LogP contribution in [-0.4, -0.2) is 35.0 Å². The van der Waals surface area contributed by atoms with Gasteiger partial charge in [0.05, 0.1) is 0 Å².